The Hall–Kier alpha value is -1.37. The van der Waals surface area contributed by atoms with Crippen LogP contribution < -0.4 is 5.32 Å². The van der Waals surface area contributed by atoms with Gasteiger partial charge in [-0.1, -0.05) is 0 Å². The Morgan fingerprint density at radius 2 is 2.53 bits per heavy atom. The summed E-state index contributed by atoms with van der Waals surface area (Å²) in [6.45, 7) is 0.485. The summed E-state index contributed by atoms with van der Waals surface area (Å²) >= 11 is 2.72. The first-order chi connectivity index (χ1) is 7.24. The molecule has 1 heterocycles. The van der Waals surface area contributed by atoms with Gasteiger partial charge in [-0.05, 0) is 0 Å². The quantitative estimate of drug-likeness (QED) is 0.816. The van der Waals surface area contributed by atoms with Gasteiger partial charge in [0.05, 0.1) is 0 Å². The number of carbonyl (C=O) groups excluding carboxylic acids is 1. The van der Waals surface area contributed by atoms with Crippen molar-refractivity contribution >= 4 is 21.9 Å². The molecule has 1 radical (unpaired) electrons. The van der Waals surface area contributed by atoms with Gasteiger partial charge in [0.15, 0.2) is 0 Å². The van der Waals surface area contributed by atoms with Gasteiger partial charge in [0.25, 0.3) is 0 Å². The number of hydrogen-bond donors (Lipinski definition) is 1. The molecule has 0 aliphatic rings. The Kier molecular flexibility index (Phi) is 4.82. The van der Waals surface area contributed by atoms with E-state index in [1.165, 1.54) is 6.20 Å². The van der Waals surface area contributed by atoms with E-state index in [0.717, 1.165) is 0 Å². The summed E-state index contributed by atoms with van der Waals surface area (Å²) in [4.78, 5) is 15.2. The van der Waals surface area contributed by atoms with Crippen LogP contribution in [0.25, 0.3) is 0 Å². The number of pyridine rings is 1. The Morgan fingerprint density at radius 3 is 3.13 bits per heavy atom. The molecule has 15 heavy (non-hydrogen) atoms. The molecule has 77 valence electrons. The van der Waals surface area contributed by atoms with Crippen LogP contribution in [0.3, 0.4) is 0 Å². The molecule has 1 aromatic heterocycles. The zero-order valence-electron chi connectivity index (χ0n) is 8.01. The van der Waals surface area contributed by atoms with Crippen LogP contribution in [-0.4, -0.2) is 33.4 Å². The summed E-state index contributed by atoms with van der Waals surface area (Å²) in [5.41, 5.74) is 0.533. The van der Waals surface area contributed by atoms with Crippen LogP contribution in [0.1, 0.15) is 16.8 Å². The molecule has 0 spiro atoms. The average molecular weight is 267 g/mol. The van der Waals surface area contributed by atoms with E-state index in [9.17, 15) is 4.79 Å². The van der Waals surface area contributed by atoms with Crippen molar-refractivity contribution in [1.82, 2.24) is 10.3 Å². The van der Waals surface area contributed by atoms with Crippen molar-refractivity contribution in [3.8, 4) is 6.07 Å². The molecule has 0 bridgehead atoms. The van der Waals surface area contributed by atoms with Crippen LogP contribution in [0.5, 0.6) is 0 Å². The molecule has 0 fully saturated rings. The minimum absolute atomic E-state index is 0.154. The number of carbonyl (C=O) groups is 1. The fraction of sp³-hybridized carbons (Fsp3) is 0.300. The van der Waals surface area contributed by atoms with Gasteiger partial charge in [0.1, 0.15) is 0 Å². The van der Waals surface area contributed by atoms with Crippen LogP contribution >= 0.6 is 0 Å². The van der Waals surface area contributed by atoms with Crippen molar-refractivity contribution in [2.24, 2.45) is 0 Å². The van der Waals surface area contributed by atoms with Crippen molar-refractivity contribution in [2.75, 3.05) is 6.54 Å². The first kappa shape index (κ1) is 11.7. The maximum absolute atomic E-state index is 11.5. The van der Waals surface area contributed by atoms with Gasteiger partial charge in [0.2, 0.25) is 0 Å². The van der Waals surface area contributed by atoms with Crippen LogP contribution in [0.2, 0.25) is 4.82 Å². The number of nitrogens with zero attached hydrogens (tertiary/aromatic N) is 2. The Labute approximate surface area is 96.5 Å². The minimum atomic E-state index is -0.159. The molecule has 0 saturated carbocycles. The van der Waals surface area contributed by atoms with Gasteiger partial charge in [-0.2, -0.15) is 0 Å². The van der Waals surface area contributed by atoms with Gasteiger partial charge in [0, 0.05) is 0 Å². The predicted molar refractivity (Wildman–Crippen MR) is 56.3 cm³/mol. The fourth-order valence-corrected chi connectivity index (χ4v) is 1.23. The van der Waals surface area contributed by atoms with Gasteiger partial charge in [-0.3, -0.25) is 0 Å². The van der Waals surface area contributed by atoms with Crippen LogP contribution in [0.4, 0.5) is 0 Å². The summed E-state index contributed by atoms with van der Waals surface area (Å²) < 4.78 is 0. The monoisotopic (exact) mass is 268 g/mol. The number of nitrogens with one attached hydrogen (secondary N) is 1. The van der Waals surface area contributed by atoms with Crippen molar-refractivity contribution < 1.29 is 4.79 Å². The Morgan fingerprint density at radius 1 is 1.73 bits per heavy atom. The molecule has 0 aromatic carbocycles. The SMILES string of the molecule is N#CC([Se])CCNC(=O)c1cccnc1. The molecule has 1 unspecified atom stereocenters. The van der Waals surface area contributed by atoms with Gasteiger partial charge in [-0.25, -0.2) is 0 Å². The molecule has 1 rings (SSSR count). The van der Waals surface area contributed by atoms with E-state index in [-0.39, 0.29) is 10.7 Å². The van der Waals surface area contributed by atoms with E-state index in [2.05, 4.69) is 32.4 Å². The summed E-state index contributed by atoms with van der Waals surface area (Å²) in [5.74, 6) is -0.159. The first-order valence-corrected chi connectivity index (χ1v) is 5.46. The average Bonchev–Trinajstić information content (AvgIpc) is 2.29. The van der Waals surface area contributed by atoms with E-state index in [1.54, 1.807) is 18.3 Å². The summed E-state index contributed by atoms with van der Waals surface area (Å²) in [7, 11) is 0. The van der Waals surface area contributed by atoms with E-state index in [0.29, 0.717) is 18.5 Å². The van der Waals surface area contributed by atoms with Crippen LogP contribution in [0.15, 0.2) is 24.5 Å². The molecule has 0 saturated heterocycles. The molecule has 0 aliphatic carbocycles. The first-order valence-electron chi connectivity index (χ1n) is 4.47. The fourth-order valence-electron chi connectivity index (χ4n) is 0.980. The number of amides is 1. The van der Waals surface area contributed by atoms with Crippen molar-refractivity contribution in [1.29, 1.82) is 5.26 Å². The Bertz CT molecular complexity index is 361. The zero-order valence-corrected chi connectivity index (χ0v) is 9.72. The van der Waals surface area contributed by atoms with Gasteiger partial charge >= 0.3 is 96.2 Å². The van der Waals surface area contributed by atoms with Crippen molar-refractivity contribution in [3.63, 3.8) is 0 Å². The molecular weight excluding hydrogens is 257 g/mol. The summed E-state index contributed by atoms with van der Waals surface area (Å²) in [5, 5.41) is 11.2. The summed E-state index contributed by atoms with van der Waals surface area (Å²) in [6.07, 6.45) is 3.74. The third-order valence-electron chi connectivity index (χ3n) is 1.76. The van der Waals surface area contributed by atoms with Gasteiger partial charge < -0.3 is 0 Å². The van der Waals surface area contributed by atoms with Crippen LogP contribution in [0, 0.1) is 11.3 Å². The number of hydrogen-bond acceptors (Lipinski definition) is 3. The predicted octanol–water partition coefficient (Wildman–Crippen LogP) is 0.682. The second-order valence-corrected chi connectivity index (χ2v) is 4.10. The number of rotatable bonds is 4. The molecule has 0 aliphatic heterocycles. The Balaban J connectivity index is 2.35. The normalized spacial score (nSPS) is 11.5. The van der Waals surface area contributed by atoms with E-state index in [4.69, 9.17) is 5.26 Å². The number of nitriles is 1. The van der Waals surface area contributed by atoms with Gasteiger partial charge in [-0.15, -0.1) is 0 Å². The number of aromatic nitrogens is 1. The summed E-state index contributed by atoms with van der Waals surface area (Å²) in [6, 6.07) is 5.46. The van der Waals surface area contributed by atoms with Crippen molar-refractivity contribution in [3.05, 3.63) is 30.1 Å². The topological polar surface area (TPSA) is 65.8 Å². The molecule has 1 atom stereocenters. The molecule has 5 heteroatoms. The third kappa shape index (κ3) is 4.11. The second kappa shape index (κ2) is 6.18. The standard InChI is InChI=1S/C10H10N3OSe/c11-6-9(15)3-5-13-10(14)8-2-1-4-12-7-8/h1-2,4,7,9H,3,5H2,(H,13,14). The van der Waals surface area contributed by atoms with Crippen LogP contribution in [-0.2, 0) is 0 Å². The molecule has 1 N–H and O–H groups in total. The van der Waals surface area contributed by atoms with Crippen molar-refractivity contribution in [2.45, 2.75) is 11.2 Å². The maximum atomic E-state index is 11.5. The van der Waals surface area contributed by atoms with E-state index >= 15 is 0 Å². The third-order valence-corrected chi connectivity index (χ3v) is 2.48. The second-order valence-electron chi connectivity index (χ2n) is 2.90. The molecule has 1 aromatic rings. The molecule has 1 amide bonds. The zero-order chi connectivity index (χ0) is 11.1. The van der Waals surface area contributed by atoms with E-state index < -0.39 is 0 Å². The molecular formula is C10H10N3OSe. The molecule has 4 nitrogen and oxygen atoms in total. The van der Waals surface area contributed by atoms with E-state index in [1.807, 2.05) is 0 Å².